The van der Waals surface area contributed by atoms with E-state index in [9.17, 15) is 10.1 Å². The molecule has 0 aliphatic rings. The van der Waals surface area contributed by atoms with Crippen LogP contribution in [0.25, 0.3) is 0 Å². The van der Waals surface area contributed by atoms with Gasteiger partial charge in [-0.1, -0.05) is 6.07 Å². The molecule has 0 atom stereocenters. The van der Waals surface area contributed by atoms with Crippen molar-refractivity contribution in [3.05, 3.63) is 52.1 Å². The first-order valence-electron chi connectivity index (χ1n) is 6.63. The molecule has 7 heteroatoms. The maximum atomic E-state index is 11.1. The van der Waals surface area contributed by atoms with E-state index < -0.39 is 4.92 Å². The monoisotopic (exact) mass is 290 g/mol. The van der Waals surface area contributed by atoms with Crippen molar-refractivity contribution >= 4 is 5.69 Å². The lowest BCUT2D eigenvalue weighted by Gasteiger charge is -2.12. The molecule has 0 radical (unpaired) electrons. The highest BCUT2D eigenvalue weighted by Crippen LogP contribution is 2.28. The van der Waals surface area contributed by atoms with Crippen LogP contribution >= 0.6 is 0 Å². The van der Waals surface area contributed by atoms with E-state index >= 15 is 0 Å². The summed E-state index contributed by atoms with van der Waals surface area (Å²) in [7, 11) is 0. The Labute approximate surface area is 122 Å². The van der Waals surface area contributed by atoms with Crippen molar-refractivity contribution in [3.8, 4) is 5.75 Å². The van der Waals surface area contributed by atoms with Crippen LogP contribution < -0.4 is 10.5 Å². The molecule has 0 fully saturated rings. The Morgan fingerprint density at radius 1 is 1.48 bits per heavy atom. The highest BCUT2D eigenvalue weighted by molar-refractivity contribution is 5.48. The van der Waals surface area contributed by atoms with E-state index in [4.69, 9.17) is 10.5 Å². The maximum Gasteiger partial charge on any atom is 0.311 e. The van der Waals surface area contributed by atoms with Crippen LogP contribution in [0.4, 0.5) is 5.69 Å². The van der Waals surface area contributed by atoms with Gasteiger partial charge in [-0.2, -0.15) is 0 Å². The van der Waals surface area contributed by atoms with Gasteiger partial charge in [0.1, 0.15) is 6.61 Å². The summed E-state index contributed by atoms with van der Waals surface area (Å²) in [6.45, 7) is 4.54. The predicted molar refractivity (Wildman–Crippen MR) is 77.9 cm³/mol. The van der Waals surface area contributed by atoms with Gasteiger partial charge in [0.05, 0.1) is 23.1 Å². The summed E-state index contributed by atoms with van der Waals surface area (Å²) >= 11 is 0. The smallest absolute Gasteiger partial charge is 0.311 e. The van der Waals surface area contributed by atoms with E-state index in [0.29, 0.717) is 5.56 Å². The molecule has 0 unspecified atom stereocenters. The van der Waals surface area contributed by atoms with Gasteiger partial charge >= 0.3 is 5.69 Å². The molecule has 0 amide bonds. The minimum absolute atomic E-state index is 0.0754. The summed E-state index contributed by atoms with van der Waals surface area (Å²) in [6, 6.07) is 4.99. The molecule has 0 spiro atoms. The Balaban J connectivity index is 2.20. The number of nitro groups is 1. The van der Waals surface area contributed by atoms with Gasteiger partial charge < -0.3 is 15.0 Å². The third-order valence-corrected chi connectivity index (χ3v) is 3.13. The van der Waals surface area contributed by atoms with Gasteiger partial charge in [-0.3, -0.25) is 10.1 Å². The van der Waals surface area contributed by atoms with Gasteiger partial charge in [-0.15, -0.1) is 0 Å². The summed E-state index contributed by atoms with van der Waals surface area (Å²) < 4.78 is 7.55. The fraction of sp³-hybridized carbons (Fsp3) is 0.357. The van der Waals surface area contributed by atoms with Crippen LogP contribution in [0.5, 0.6) is 5.75 Å². The summed E-state index contributed by atoms with van der Waals surface area (Å²) in [5.41, 5.74) is 6.98. The average molecular weight is 290 g/mol. The molecule has 0 saturated carbocycles. The molecule has 1 aromatic carbocycles. The minimum atomic E-state index is -0.464. The number of ether oxygens (including phenoxy) is 1. The third-order valence-electron chi connectivity index (χ3n) is 3.13. The quantitative estimate of drug-likeness (QED) is 0.651. The van der Waals surface area contributed by atoms with E-state index in [1.54, 1.807) is 24.7 Å². The summed E-state index contributed by atoms with van der Waals surface area (Å²) in [4.78, 5) is 14.7. The largest absolute Gasteiger partial charge is 0.480 e. The Kier molecular flexibility index (Phi) is 4.54. The van der Waals surface area contributed by atoms with Crippen molar-refractivity contribution in [1.82, 2.24) is 9.55 Å². The van der Waals surface area contributed by atoms with E-state index in [2.05, 4.69) is 4.98 Å². The van der Waals surface area contributed by atoms with Crippen molar-refractivity contribution in [1.29, 1.82) is 0 Å². The number of imidazole rings is 1. The molecular weight excluding hydrogens is 272 g/mol. The van der Waals surface area contributed by atoms with Crippen LogP contribution in [0.3, 0.4) is 0 Å². The topological polar surface area (TPSA) is 96.2 Å². The Morgan fingerprint density at radius 2 is 2.24 bits per heavy atom. The van der Waals surface area contributed by atoms with Crippen LogP contribution in [-0.4, -0.2) is 14.5 Å². The molecule has 7 nitrogen and oxygen atoms in total. The van der Waals surface area contributed by atoms with Gasteiger partial charge in [-0.05, 0) is 25.5 Å². The zero-order valence-electron chi connectivity index (χ0n) is 12.0. The molecule has 0 saturated heterocycles. The van der Waals surface area contributed by atoms with Crippen molar-refractivity contribution in [3.63, 3.8) is 0 Å². The summed E-state index contributed by atoms with van der Waals surface area (Å²) in [5, 5.41) is 11.1. The molecule has 2 rings (SSSR count). The van der Waals surface area contributed by atoms with Gasteiger partial charge in [0.25, 0.3) is 0 Å². The van der Waals surface area contributed by atoms with Crippen LogP contribution in [0.2, 0.25) is 0 Å². The van der Waals surface area contributed by atoms with Gasteiger partial charge in [0.15, 0.2) is 5.75 Å². The molecule has 0 aliphatic carbocycles. The average Bonchev–Trinajstić information content (AvgIpc) is 2.93. The summed E-state index contributed by atoms with van der Waals surface area (Å²) in [5.74, 6) is 0.230. The lowest BCUT2D eigenvalue weighted by atomic mass is 10.2. The number of hydrogen-bond acceptors (Lipinski definition) is 5. The highest BCUT2D eigenvalue weighted by Gasteiger charge is 2.16. The number of nitrogens with two attached hydrogens (primary N) is 1. The first kappa shape index (κ1) is 15.0. The first-order chi connectivity index (χ1) is 10.0. The zero-order chi connectivity index (χ0) is 15.4. The second kappa shape index (κ2) is 6.36. The lowest BCUT2D eigenvalue weighted by Crippen LogP contribution is -2.08. The molecule has 2 aromatic rings. The van der Waals surface area contributed by atoms with E-state index in [1.165, 1.54) is 6.07 Å². The molecule has 1 heterocycles. The molecule has 2 N–H and O–H groups in total. The normalized spacial score (nSPS) is 10.9. The number of nitrogens with zero attached hydrogens (tertiary/aromatic N) is 3. The molecule has 0 aliphatic heterocycles. The second-order valence-corrected chi connectivity index (χ2v) is 4.94. The molecule has 112 valence electrons. The molecule has 21 heavy (non-hydrogen) atoms. The second-order valence-electron chi connectivity index (χ2n) is 4.94. The fourth-order valence-corrected chi connectivity index (χ4v) is 2.02. The third kappa shape index (κ3) is 3.38. The van der Waals surface area contributed by atoms with E-state index in [0.717, 1.165) is 5.69 Å². The predicted octanol–water partition coefficient (Wildman–Crippen LogP) is 2.41. The molecular formula is C14H18N4O3. The number of nitro benzene ring substituents is 1. The number of rotatable bonds is 6. The van der Waals surface area contributed by atoms with Crippen molar-refractivity contribution < 1.29 is 9.66 Å². The first-order valence-corrected chi connectivity index (χ1v) is 6.63. The van der Waals surface area contributed by atoms with Gasteiger partial charge in [0.2, 0.25) is 0 Å². The number of hydrogen-bond donors (Lipinski definition) is 1. The standard InChI is InChI=1S/C14H18N4O3/c1-10(2)17-9-16-7-12(17)8-21-14-4-3-11(6-15)5-13(14)18(19)20/h3-5,7,9-10H,6,8,15H2,1-2H3. The highest BCUT2D eigenvalue weighted by atomic mass is 16.6. The van der Waals surface area contributed by atoms with Gasteiger partial charge in [-0.25, -0.2) is 4.98 Å². The van der Waals surface area contributed by atoms with Crippen molar-refractivity contribution in [2.45, 2.75) is 33.0 Å². The van der Waals surface area contributed by atoms with Crippen molar-refractivity contribution in [2.75, 3.05) is 0 Å². The Morgan fingerprint density at radius 3 is 2.86 bits per heavy atom. The van der Waals surface area contributed by atoms with Crippen molar-refractivity contribution in [2.24, 2.45) is 5.73 Å². The minimum Gasteiger partial charge on any atom is -0.480 e. The maximum absolute atomic E-state index is 11.1. The number of benzene rings is 1. The lowest BCUT2D eigenvalue weighted by molar-refractivity contribution is -0.386. The SMILES string of the molecule is CC(C)n1cncc1COc1ccc(CN)cc1[N+](=O)[O-]. The zero-order valence-corrected chi connectivity index (χ0v) is 12.0. The van der Waals surface area contributed by atoms with Crippen LogP contribution in [0.1, 0.15) is 31.1 Å². The van der Waals surface area contributed by atoms with E-state index in [-0.39, 0.29) is 30.6 Å². The van der Waals surface area contributed by atoms with E-state index in [1.807, 2.05) is 18.4 Å². The Bertz CT molecular complexity index is 637. The van der Waals surface area contributed by atoms with Crippen LogP contribution in [0, 0.1) is 10.1 Å². The molecule has 1 aromatic heterocycles. The van der Waals surface area contributed by atoms with Crippen LogP contribution in [-0.2, 0) is 13.2 Å². The van der Waals surface area contributed by atoms with Gasteiger partial charge in [0, 0.05) is 18.7 Å². The number of aromatic nitrogens is 2. The fourth-order valence-electron chi connectivity index (χ4n) is 2.02. The molecule has 0 bridgehead atoms. The van der Waals surface area contributed by atoms with Crippen LogP contribution in [0.15, 0.2) is 30.7 Å². The summed E-state index contributed by atoms with van der Waals surface area (Å²) in [6.07, 6.45) is 3.41. The Hall–Kier alpha value is -2.41.